The van der Waals surface area contributed by atoms with Gasteiger partial charge in [0.15, 0.2) is 0 Å². The molecule has 1 aromatic heterocycles. The largest absolute Gasteiger partial charge is 0.385 e. The first-order valence-corrected chi connectivity index (χ1v) is 5.86. The molecule has 3 N–H and O–H groups in total. The van der Waals surface area contributed by atoms with Crippen LogP contribution in [0.1, 0.15) is 22.8 Å². The number of aromatic nitrogens is 2. The van der Waals surface area contributed by atoms with Gasteiger partial charge in [-0.15, -0.1) is 0 Å². The quantitative estimate of drug-likeness (QED) is 0.773. The molecule has 0 saturated heterocycles. The van der Waals surface area contributed by atoms with E-state index in [0.29, 0.717) is 11.5 Å². The van der Waals surface area contributed by atoms with Gasteiger partial charge in [-0.3, -0.25) is 10.1 Å². The SMILES string of the molecule is CCNc1ccc(C(=O)Nc2ncc[nH]2)c(C)c1. The first-order chi connectivity index (χ1) is 8.70. The highest BCUT2D eigenvalue weighted by molar-refractivity contribution is 6.04. The van der Waals surface area contributed by atoms with E-state index in [1.54, 1.807) is 12.4 Å². The van der Waals surface area contributed by atoms with E-state index in [4.69, 9.17) is 0 Å². The Morgan fingerprint density at radius 1 is 1.44 bits per heavy atom. The Labute approximate surface area is 106 Å². The highest BCUT2D eigenvalue weighted by Crippen LogP contribution is 2.16. The lowest BCUT2D eigenvalue weighted by atomic mass is 10.1. The average Bonchev–Trinajstić information content (AvgIpc) is 2.82. The van der Waals surface area contributed by atoms with Gasteiger partial charge in [0.1, 0.15) is 0 Å². The molecule has 0 unspecified atom stereocenters. The molecule has 2 rings (SSSR count). The summed E-state index contributed by atoms with van der Waals surface area (Å²) in [7, 11) is 0. The molecule has 0 aliphatic carbocycles. The zero-order valence-electron chi connectivity index (χ0n) is 10.4. The van der Waals surface area contributed by atoms with E-state index < -0.39 is 0 Å². The number of hydrogen-bond acceptors (Lipinski definition) is 3. The van der Waals surface area contributed by atoms with Gasteiger partial charge >= 0.3 is 0 Å². The van der Waals surface area contributed by atoms with Gasteiger partial charge in [0.2, 0.25) is 5.95 Å². The number of amides is 1. The standard InChI is InChI=1S/C13H16N4O/c1-3-14-10-4-5-11(9(2)8-10)12(18)17-13-15-6-7-16-13/h4-8,14H,3H2,1-2H3,(H2,15,16,17,18). The van der Waals surface area contributed by atoms with E-state index in [1.807, 2.05) is 32.0 Å². The third kappa shape index (κ3) is 2.68. The predicted molar refractivity (Wildman–Crippen MR) is 71.9 cm³/mol. The summed E-state index contributed by atoms with van der Waals surface area (Å²) in [5.41, 5.74) is 2.59. The van der Waals surface area contributed by atoms with Crippen molar-refractivity contribution in [1.29, 1.82) is 0 Å². The van der Waals surface area contributed by atoms with Crippen LogP contribution in [0.3, 0.4) is 0 Å². The van der Waals surface area contributed by atoms with E-state index >= 15 is 0 Å². The van der Waals surface area contributed by atoms with Crippen LogP contribution < -0.4 is 10.6 Å². The van der Waals surface area contributed by atoms with Crippen LogP contribution in [-0.2, 0) is 0 Å². The summed E-state index contributed by atoms with van der Waals surface area (Å²) in [6.07, 6.45) is 3.26. The molecule has 0 aliphatic rings. The highest BCUT2D eigenvalue weighted by Gasteiger charge is 2.10. The van der Waals surface area contributed by atoms with E-state index in [0.717, 1.165) is 17.8 Å². The summed E-state index contributed by atoms with van der Waals surface area (Å²) in [6, 6.07) is 5.67. The van der Waals surface area contributed by atoms with Crippen LogP contribution in [-0.4, -0.2) is 22.4 Å². The van der Waals surface area contributed by atoms with Gasteiger partial charge < -0.3 is 10.3 Å². The Bertz CT molecular complexity index is 534. The lowest BCUT2D eigenvalue weighted by Crippen LogP contribution is -2.14. The van der Waals surface area contributed by atoms with Crippen molar-refractivity contribution in [2.75, 3.05) is 17.2 Å². The van der Waals surface area contributed by atoms with Crippen molar-refractivity contribution in [2.45, 2.75) is 13.8 Å². The summed E-state index contributed by atoms with van der Waals surface area (Å²) >= 11 is 0. The Morgan fingerprint density at radius 3 is 2.89 bits per heavy atom. The minimum Gasteiger partial charge on any atom is -0.385 e. The number of aromatic amines is 1. The van der Waals surface area contributed by atoms with Gasteiger partial charge in [0.05, 0.1) is 0 Å². The summed E-state index contributed by atoms with van der Waals surface area (Å²) in [5, 5.41) is 5.91. The zero-order valence-corrected chi connectivity index (χ0v) is 10.4. The molecule has 0 aliphatic heterocycles. The number of anilines is 2. The summed E-state index contributed by atoms with van der Waals surface area (Å²) in [6.45, 7) is 4.81. The van der Waals surface area contributed by atoms with Crippen LogP contribution >= 0.6 is 0 Å². The molecule has 0 fully saturated rings. The number of hydrogen-bond donors (Lipinski definition) is 3. The van der Waals surface area contributed by atoms with Crippen molar-refractivity contribution >= 4 is 17.5 Å². The topological polar surface area (TPSA) is 69.8 Å². The smallest absolute Gasteiger partial charge is 0.258 e. The highest BCUT2D eigenvalue weighted by atomic mass is 16.1. The van der Waals surface area contributed by atoms with Crippen LogP contribution in [0.15, 0.2) is 30.6 Å². The molecule has 1 aromatic carbocycles. The molecule has 5 heteroatoms. The molecule has 0 atom stereocenters. The van der Waals surface area contributed by atoms with E-state index in [1.165, 1.54) is 0 Å². The minimum atomic E-state index is -0.162. The van der Waals surface area contributed by atoms with E-state index in [2.05, 4.69) is 20.6 Å². The molecule has 94 valence electrons. The van der Waals surface area contributed by atoms with Gasteiger partial charge in [0, 0.05) is 30.2 Å². The second kappa shape index (κ2) is 5.35. The maximum Gasteiger partial charge on any atom is 0.258 e. The van der Waals surface area contributed by atoms with Gasteiger partial charge in [0.25, 0.3) is 5.91 Å². The van der Waals surface area contributed by atoms with Gasteiger partial charge in [-0.2, -0.15) is 0 Å². The number of nitrogens with one attached hydrogen (secondary N) is 3. The molecule has 0 radical (unpaired) electrons. The number of imidazole rings is 1. The molecule has 2 aromatic rings. The fraction of sp³-hybridized carbons (Fsp3) is 0.231. The van der Waals surface area contributed by atoms with Crippen LogP contribution in [0, 0.1) is 6.92 Å². The number of benzene rings is 1. The average molecular weight is 244 g/mol. The fourth-order valence-electron chi connectivity index (χ4n) is 1.74. The third-order valence-corrected chi connectivity index (χ3v) is 2.58. The van der Waals surface area contributed by atoms with Gasteiger partial charge in [-0.25, -0.2) is 4.98 Å². The minimum absolute atomic E-state index is 0.162. The van der Waals surface area contributed by atoms with Crippen molar-refractivity contribution in [3.8, 4) is 0 Å². The van der Waals surface area contributed by atoms with Gasteiger partial charge in [-0.05, 0) is 37.6 Å². The van der Waals surface area contributed by atoms with Crippen LogP contribution in [0.4, 0.5) is 11.6 Å². The number of carbonyl (C=O) groups is 1. The number of H-pyrrole nitrogens is 1. The first kappa shape index (κ1) is 12.2. The zero-order chi connectivity index (χ0) is 13.0. The number of carbonyl (C=O) groups excluding carboxylic acids is 1. The normalized spacial score (nSPS) is 10.1. The number of aryl methyl sites for hydroxylation is 1. The maximum absolute atomic E-state index is 12.0. The Morgan fingerprint density at radius 2 is 2.28 bits per heavy atom. The summed E-state index contributed by atoms with van der Waals surface area (Å²) in [4.78, 5) is 18.8. The predicted octanol–water partition coefficient (Wildman–Crippen LogP) is 2.40. The molecular formula is C13H16N4O. The summed E-state index contributed by atoms with van der Waals surface area (Å²) < 4.78 is 0. The summed E-state index contributed by atoms with van der Waals surface area (Å²) in [5.74, 6) is 0.292. The lowest BCUT2D eigenvalue weighted by molar-refractivity contribution is 0.102. The molecular weight excluding hydrogens is 228 g/mol. The van der Waals surface area contributed by atoms with E-state index in [-0.39, 0.29) is 5.91 Å². The maximum atomic E-state index is 12.0. The molecule has 0 bridgehead atoms. The number of rotatable bonds is 4. The third-order valence-electron chi connectivity index (χ3n) is 2.58. The van der Waals surface area contributed by atoms with Gasteiger partial charge in [-0.1, -0.05) is 0 Å². The Hall–Kier alpha value is -2.30. The van der Waals surface area contributed by atoms with Crippen LogP contribution in [0.5, 0.6) is 0 Å². The van der Waals surface area contributed by atoms with Crippen molar-refractivity contribution in [3.05, 3.63) is 41.7 Å². The molecule has 1 heterocycles. The van der Waals surface area contributed by atoms with Crippen LogP contribution in [0.25, 0.3) is 0 Å². The van der Waals surface area contributed by atoms with Crippen LogP contribution in [0.2, 0.25) is 0 Å². The monoisotopic (exact) mass is 244 g/mol. The van der Waals surface area contributed by atoms with E-state index in [9.17, 15) is 4.79 Å². The van der Waals surface area contributed by atoms with Crippen molar-refractivity contribution in [3.63, 3.8) is 0 Å². The van der Waals surface area contributed by atoms with Crippen molar-refractivity contribution < 1.29 is 4.79 Å². The molecule has 0 spiro atoms. The second-order valence-electron chi connectivity index (χ2n) is 3.95. The molecule has 5 nitrogen and oxygen atoms in total. The van der Waals surface area contributed by atoms with Crippen molar-refractivity contribution in [1.82, 2.24) is 9.97 Å². The second-order valence-corrected chi connectivity index (χ2v) is 3.95. The molecule has 1 amide bonds. The lowest BCUT2D eigenvalue weighted by Gasteiger charge is -2.09. The fourth-order valence-corrected chi connectivity index (χ4v) is 1.74. The Balaban J connectivity index is 2.15. The first-order valence-electron chi connectivity index (χ1n) is 5.86. The van der Waals surface area contributed by atoms with Crippen molar-refractivity contribution in [2.24, 2.45) is 0 Å². The molecule has 0 saturated carbocycles. The Kier molecular flexibility index (Phi) is 3.62. The number of nitrogens with zero attached hydrogens (tertiary/aromatic N) is 1. The molecule has 18 heavy (non-hydrogen) atoms.